The topological polar surface area (TPSA) is 72.0 Å². The quantitative estimate of drug-likeness (QED) is 0.164. The fraction of sp³-hybridized carbons (Fsp3) is 0.882. The Morgan fingerprint density at radius 3 is 2.25 bits per heavy atom. The van der Waals surface area contributed by atoms with Gasteiger partial charge in [0.15, 0.2) is 5.96 Å². The van der Waals surface area contributed by atoms with E-state index >= 15 is 0 Å². The number of guanidine groups is 1. The molecular formula is C17H36IN3O3. The average Bonchev–Trinajstić information content (AvgIpc) is 2.46. The zero-order chi connectivity index (χ0) is 17.6. The fourth-order valence-electron chi connectivity index (χ4n) is 1.95. The van der Waals surface area contributed by atoms with Gasteiger partial charge in [0, 0.05) is 33.2 Å². The lowest BCUT2D eigenvalue weighted by molar-refractivity contribution is -0.154. The summed E-state index contributed by atoms with van der Waals surface area (Å²) in [5.74, 6) is 0.702. The number of aliphatic imine (C=N–C) groups is 1. The Morgan fingerprint density at radius 1 is 1.04 bits per heavy atom. The smallest absolute Gasteiger partial charge is 0.306 e. The van der Waals surface area contributed by atoms with Gasteiger partial charge in [-0.15, -0.1) is 24.0 Å². The van der Waals surface area contributed by atoms with Gasteiger partial charge >= 0.3 is 5.97 Å². The summed E-state index contributed by atoms with van der Waals surface area (Å²) in [6, 6.07) is 0. The lowest BCUT2D eigenvalue weighted by Gasteiger charge is -2.19. The average molecular weight is 457 g/mol. The fourth-order valence-corrected chi connectivity index (χ4v) is 1.95. The van der Waals surface area contributed by atoms with Crippen LogP contribution in [0.15, 0.2) is 4.99 Å². The second-order valence-electron chi connectivity index (χ2n) is 6.37. The zero-order valence-electron chi connectivity index (χ0n) is 15.9. The number of hydrogen-bond donors (Lipinski definition) is 2. The molecule has 0 aromatic carbocycles. The standard InChI is InChI=1S/C17H35N3O3.HI/c1-6-22-14-13-20-16(18-5)19-12-10-8-7-9-11-15(21)23-17(2,3)4;/h6-14H2,1-5H3,(H2,18,19,20);1H. The number of hydrogen-bond acceptors (Lipinski definition) is 4. The van der Waals surface area contributed by atoms with Gasteiger partial charge in [0.25, 0.3) is 0 Å². The molecule has 0 aliphatic carbocycles. The lowest BCUT2D eigenvalue weighted by Crippen LogP contribution is -2.39. The first-order chi connectivity index (χ1) is 10.9. The summed E-state index contributed by atoms with van der Waals surface area (Å²) in [4.78, 5) is 15.7. The van der Waals surface area contributed by atoms with Gasteiger partial charge in [-0.3, -0.25) is 9.79 Å². The molecule has 0 saturated carbocycles. The van der Waals surface area contributed by atoms with Crippen molar-refractivity contribution in [2.75, 3.05) is 33.4 Å². The Bertz CT molecular complexity index is 344. The van der Waals surface area contributed by atoms with E-state index in [1.165, 1.54) is 0 Å². The van der Waals surface area contributed by atoms with Gasteiger partial charge in [-0.25, -0.2) is 0 Å². The summed E-state index contributed by atoms with van der Waals surface area (Å²) in [5, 5.41) is 6.46. The minimum absolute atomic E-state index is 0. The highest BCUT2D eigenvalue weighted by atomic mass is 127. The van der Waals surface area contributed by atoms with Gasteiger partial charge in [0.2, 0.25) is 0 Å². The normalized spacial score (nSPS) is 11.6. The summed E-state index contributed by atoms with van der Waals surface area (Å²) < 4.78 is 10.5. The molecule has 0 aliphatic heterocycles. The van der Waals surface area contributed by atoms with Crippen LogP contribution in [0.1, 0.15) is 59.8 Å². The number of halogens is 1. The first-order valence-electron chi connectivity index (χ1n) is 8.63. The molecule has 0 heterocycles. The Kier molecular flexibility index (Phi) is 17.0. The van der Waals surface area contributed by atoms with Crippen LogP contribution in [0.3, 0.4) is 0 Å². The highest BCUT2D eigenvalue weighted by Gasteiger charge is 2.15. The first kappa shape index (κ1) is 25.7. The van der Waals surface area contributed by atoms with Crippen molar-refractivity contribution in [1.82, 2.24) is 10.6 Å². The number of unbranched alkanes of at least 4 members (excludes halogenated alkanes) is 3. The van der Waals surface area contributed by atoms with Crippen LogP contribution in [-0.2, 0) is 14.3 Å². The SMILES string of the molecule is CCOCCNC(=NC)NCCCCCCC(=O)OC(C)(C)C.I. The van der Waals surface area contributed by atoms with Crippen LogP contribution in [-0.4, -0.2) is 50.9 Å². The molecule has 24 heavy (non-hydrogen) atoms. The molecule has 0 radical (unpaired) electrons. The third-order valence-electron chi connectivity index (χ3n) is 2.99. The molecule has 0 aliphatic rings. The van der Waals surface area contributed by atoms with E-state index < -0.39 is 0 Å². The van der Waals surface area contributed by atoms with Crippen molar-refractivity contribution < 1.29 is 14.3 Å². The van der Waals surface area contributed by atoms with Gasteiger partial charge in [-0.1, -0.05) is 12.8 Å². The lowest BCUT2D eigenvalue weighted by atomic mass is 10.1. The molecule has 0 aromatic rings. The summed E-state index contributed by atoms with van der Waals surface area (Å²) >= 11 is 0. The summed E-state index contributed by atoms with van der Waals surface area (Å²) in [6.45, 7) is 10.7. The van der Waals surface area contributed by atoms with Gasteiger partial charge in [-0.05, 0) is 40.5 Å². The van der Waals surface area contributed by atoms with Crippen molar-refractivity contribution in [3.63, 3.8) is 0 Å². The summed E-state index contributed by atoms with van der Waals surface area (Å²) in [6.07, 6.45) is 4.57. The Hall–Kier alpha value is -0.570. The molecule has 6 nitrogen and oxygen atoms in total. The van der Waals surface area contributed by atoms with Gasteiger partial charge < -0.3 is 20.1 Å². The van der Waals surface area contributed by atoms with Crippen LogP contribution in [0, 0.1) is 0 Å². The van der Waals surface area contributed by atoms with Crippen LogP contribution in [0.2, 0.25) is 0 Å². The summed E-state index contributed by atoms with van der Waals surface area (Å²) in [5.41, 5.74) is -0.383. The van der Waals surface area contributed by atoms with E-state index in [1.54, 1.807) is 7.05 Å². The van der Waals surface area contributed by atoms with Gasteiger partial charge in [0.1, 0.15) is 5.60 Å². The second-order valence-corrected chi connectivity index (χ2v) is 6.37. The summed E-state index contributed by atoms with van der Waals surface area (Å²) in [7, 11) is 1.76. The molecule has 0 bridgehead atoms. The molecule has 0 aromatic heterocycles. The minimum atomic E-state index is -0.383. The Morgan fingerprint density at radius 2 is 1.67 bits per heavy atom. The van der Waals surface area contributed by atoms with Crippen molar-refractivity contribution >= 4 is 35.9 Å². The molecule has 2 N–H and O–H groups in total. The van der Waals surface area contributed by atoms with Crippen molar-refractivity contribution in [3.8, 4) is 0 Å². The third-order valence-corrected chi connectivity index (χ3v) is 2.99. The highest BCUT2D eigenvalue weighted by Crippen LogP contribution is 2.10. The van der Waals surface area contributed by atoms with Crippen LogP contribution in [0.4, 0.5) is 0 Å². The molecule has 144 valence electrons. The number of esters is 1. The van der Waals surface area contributed by atoms with E-state index in [-0.39, 0.29) is 35.5 Å². The number of nitrogens with zero attached hydrogens (tertiary/aromatic N) is 1. The third kappa shape index (κ3) is 17.8. The number of carbonyl (C=O) groups is 1. The molecule has 7 heteroatoms. The molecule has 0 atom stereocenters. The van der Waals surface area contributed by atoms with Crippen LogP contribution in [0.5, 0.6) is 0 Å². The Labute approximate surface area is 164 Å². The number of nitrogens with one attached hydrogen (secondary N) is 2. The van der Waals surface area contributed by atoms with Crippen molar-refractivity contribution in [3.05, 3.63) is 0 Å². The van der Waals surface area contributed by atoms with Gasteiger partial charge in [0.05, 0.1) is 6.61 Å². The minimum Gasteiger partial charge on any atom is -0.460 e. The number of carbonyl (C=O) groups excluding carboxylic acids is 1. The number of rotatable bonds is 11. The van der Waals surface area contributed by atoms with E-state index in [9.17, 15) is 4.79 Å². The zero-order valence-corrected chi connectivity index (χ0v) is 18.3. The number of ether oxygens (including phenoxy) is 2. The molecule has 0 spiro atoms. The predicted molar refractivity (Wildman–Crippen MR) is 110 cm³/mol. The first-order valence-corrected chi connectivity index (χ1v) is 8.63. The van der Waals surface area contributed by atoms with Crippen molar-refractivity contribution in [1.29, 1.82) is 0 Å². The van der Waals surface area contributed by atoms with E-state index in [4.69, 9.17) is 9.47 Å². The van der Waals surface area contributed by atoms with Crippen molar-refractivity contribution in [2.24, 2.45) is 4.99 Å². The molecule has 0 fully saturated rings. The monoisotopic (exact) mass is 457 g/mol. The molecule has 0 amide bonds. The second kappa shape index (κ2) is 15.9. The van der Waals surface area contributed by atoms with Crippen LogP contribution >= 0.6 is 24.0 Å². The maximum atomic E-state index is 11.6. The van der Waals surface area contributed by atoms with E-state index in [0.717, 1.165) is 51.3 Å². The largest absolute Gasteiger partial charge is 0.460 e. The maximum absolute atomic E-state index is 11.6. The highest BCUT2D eigenvalue weighted by molar-refractivity contribution is 14.0. The molecule has 0 rings (SSSR count). The van der Waals surface area contributed by atoms with Crippen molar-refractivity contribution in [2.45, 2.75) is 65.4 Å². The van der Waals surface area contributed by atoms with Crippen LogP contribution < -0.4 is 10.6 Å². The maximum Gasteiger partial charge on any atom is 0.306 e. The van der Waals surface area contributed by atoms with E-state index in [1.807, 2.05) is 27.7 Å². The molecular weight excluding hydrogens is 421 g/mol. The van der Waals surface area contributed by atoms with E-state index in [2.05, 4.69) is 15.6 Å². The Balaban J connectivity index is 0. The van der Waals surface area contributed by atoms with Gasteiger partial charge in [-0.2, -0.15) is 0 Å². The molecule has 0 saturated heterocycles. The van der Waals surface area contributed by atoms with Crippen LogP contribution in [0.25, 0.3) is 0 Å². The van der Waals surface area contributed by atoms with E-state index in [0.29, 0.717) is 13.0 Å². The molecule has 0 unspecified atom stereocenters. The predicted octanol–water partition coefficient (Wildman–Crippen LogP) is 3.10.